The Kier molecular flexibility index (Phi) is 5.07. The summed E-state index contributed by atoms with van der Waals surface area (Å²) in [5.74, 6) is 1.11. The maximum atomic E-state index is 11.4. The van der Waals surface area contributed by atoms with Crippen LogP contribution in [0.2, 0.25) is 0 Å². The van der Waals surface area contributed by atoms with Crippen molar-refractivity contribution < 1.29 is 19.4 Å². The number of aromatic nitrogens is 4. The number of nitrogens with two attached hydrogens (primary N) is 1. The molecule has 1 aliphatic heterocycles. The number of carbonyl (C=O) groups excluding carboxylic acids is 1. The Morgan fingerprint density at radius 3 is 2.84 bits per heavy atom. The molecule has 2 fully saturated rings. The molecule has 1 aliphatic carbocycles. The maximum Gasteiger partial charge on any atom is 0.317 e. The molecule has 32 heavy (non-hydrogen) atoms. The Hall–Kier alpha value is -3.08. The molecule has 0 unspecified atom stereocenters. The molecule has 1 atom stereocenters. The molecule has 0 aromatic carbocycles. The minimum atomic E-state index is -0.690. The standard InChI is InChI=1S/C22H26N6O4/c1-12-5-17(22(31-2)3-4-32-11-22)25-19(6-12)28-16-9-18(26-21(23)30)24-10-15(16)20(27-28)13-7-14(29)8-13/h5-6,9-10,13-14,29H,3-4,7-8,11H2,1-2H3,(H3,23,24,26,30)/t13?,14?,22-/m0/s1. The third-order valence-corrected chi connectivity index (χ3v) is 6.36. The van der Waals surface area contributed by atoms with Gasteiger partial charge >= 0.3 is 6.03 Å². The number of urea groups is 1. The summed E-state index contributed by atoms with van der Waals surface area (Å²) in [4.78, 5) is 20.6. The fraction of sp³-hybridized carbons (Fsp3) is 0.455. The van der Waals surface area contributed by atoms with Gasteiger partial charge in [-0.15, -0.1) is 0 Å². The molecule has 10 nitrogen and oxygen atoms in total. The normalized spacial score (nSPS) is 25.1. The SMILES string of the molecule is CO[C@@]1(c2cc(C)cc(-n3nc(C4CC(O)C4)c4cnc(NC(N)=O)cc43)n2)CCOC1. The van der Waals surface area contributed by atoms with E-state index in [1.54, 1.807) is 24.1 Å². The summed E-state index contributed by atoms with van der Waals surface area (Å²) in [7, 11) is 1.68. The van der Waals surface area contributed by atoms with Crippen molar-refractivity contribution in [1.82, 2.24) is 19.7 Å². The zero-order chi connectivity index (χ0) is 22.5. The molecule has 1 saturated heterocycles. The molecule has 1 saturated carbocycles. The summed E-state index contributed by atoms with van der Waals surface area (Å²) in [5.41, 5.74) is 8.10. The third kappa shape index (κ3) is 3.50. The second-order valence-corrected chi connectivity index (χ2v) is 8.58. The Balaban J connectivity index is 1.66. The van der Waals surface area contributed by atoms with Gasteiger partial charge in [0.25, 0.3) is 0 Å². The molecule has 10 heteroatoms. The van der Waals surface area contributed by atoms with Crippen LogP contribution in [0.5, 0.6) is 0 Å². The molecule has 2 amide bonds. The molecule has 3 aromatic heterocycles. The van der Waals surface area contributed by atoms with Crippen LogP contribution in [0, 0.1) is 6.92 Å². The summed E-state index contributed by atoms with van der Waals surface area (Å²) in [6.45, 7) is 3.07. The second-order valence-electron chi connectivity index (χ2n) is 8.58. The first-order valence-corrected chi connectivity index (χ1v) is 10.6. The van der Waals surface area contributed by atoms with Crippen LogP contribution in [0.4, 0.5) is 10.6 Å². The first-order chi connectivity index (χ1) is 15.4. The van der Waals surface area contributed by atoms with Gasteiger partial charge in [0.05, 0.1) is 29.6 Å². The van der Waals surface area contributed by atoms with Gasteiger partial charge in [0, 0.05) is 43.7 Å². The molecule has 4 N–H and O–H groups in total. The van der Waals surface area contributed by atoms with Gasteiger partial charge in [-0.1, -0.05) is 0 Å². The van der Waals surface area contributed by atoms with Crippen molar-refractivity contribution in [3.05, 3.63) is 41.3 Å². The fourth-order valence-corrected chi connectivity index (χ4v) is 4.52. The number of hydrogen-bond acceptors (Lipinski definition) is 7. The number of rotatable bonds is 5. The number of pyridine rings is 2. The lowest BCUT2D eigenvalue weighted by molar-refractivity contribution is -0.0246. The number of carbonyl (C=O) groups is 1. The highest BCUT2D eigenvalue weighted by atomic mass is 16.5. The van der Waals surface area contributed by atoms with Crippen molar-refractivity contribution in [2.24, 2.45) is 5.73 Å². The van der Waals surface area contributed by atoms with Gasteiger partial charge in [0.15, 0.2) is 5.82 Å². The molecule has 0 spiro atoms. The van der Waals surface area contributed by atoms with Crippen LogP contribution in [0.15, 0.2) is 24.4 Å². The Labute approximate surface area is 184 Å². The predicted octanol–water partition coefficient (Wildman–Crippen LogP) is 2.11. The van der Waals surface area contributed by atoms with Crippen molar-refractivity contribution in [3.63, 3.8) is 0 Å². The molecule has 0 bridgehead atoms. The number of aliphatic hydroxyl groups excluding tert-OH is 1. The van der Waals surface area contributed by atoms with Crippen LogP contribution in [0.1, 0.15) is 42.1 Å². The summed E-state index contributed by atoms with van der Waals surface area (Å²) >= 11 is 0. The number of ether oxygens (including phenoxy) is 2. The fourth-order valence-electron chi connectivity index (χ4n) is 4.52. The minimum absolute atomic E-state index is 0.142. The number of fused-ring (bicyclic) bond motifs is 1. The molecule has 3 aromatic rings. The Bertz CT molecular complexity index is 1180. The van der Waals surface area contributed by atoms with E-state index in [1.165, 1.54) is 0 Å². The second kappa shape index (κ2) is 7.80. The topological polar surface area (TPSA) is 137 Å². The van der Waals surface area contributed by atoms with Gasteiger partial charge < -0.3 is 20.3 Å². The van der Waals surface area contributed by atoms with Crippen LogP contribution in [-0.2, 0) is 15.1 Å². The van der Waals surface area contributed by atoms with Gasteiger partial charge in [0.1, 0.15) is 11.4 Å². The lowest BCUT2D eigenvalue weighted by Gasteiger charge is -2.30. The van der Waals surface area contributed by atoms with E-state index in [2.05, 4.69) is 10.3 Å². The third-order valence-electron chi connectivity index (χ3n) is 6.36. The molecule has 5 rings (SSSR count). The molecular weight excluding hydrogens is 412 g/mol. The average molecular weight is 438 g/mol. The molecule has 4 heterocycles. The van der Waals surface area contributed by atoms with Gasteiger partial charge in [-0.25, -0.2) is 19.4 Å². The van der Waals surface area contributed by atoms with Gasteiger partial charge in [-0.3, -0.25) is 5.32 Å². The van der Waals surface area contributed by atoms with E-state index in [-0.39, 0.29) is 12.0 Å². The number of nitrogens with one attached hydrogen (secondary N) is 1. The van der Waals surface area contributed by atoms with Gasteiger partial charge in [-0.05, 0) is 37.5 Å². The quantitative estimate of drug-likeness (QED) is 0.555. The molecule has 0 radical (unpaired) electrons. The minimum Gasteiger partial charge on any atom is -0.393 e. The van der Waals surface area contributed by atoms with Crippen LogP contribution < -0.4 is 11.1 Å². The number of hydrogen-bond donors (Lipinski definition) is 3. The number of aliphatic hydroxyl groups is 1. The zero-order valence-corrected chi connectivity index (χ0v) is 18.0. The number of aryl methyl sites for hydroxylation is 1. The van der Waals surface area contributed by atoms with Crippen molar-refractivity contribution >= 4 is 22.8 Å². The van der Waals surface area contributed by atoms with E-state index in [0.29, 0.717) is 37.7 Å². The van der Waals surface area contributed by atoms with Crippen LogP contribution in [0.25, 0.3) is 16.7 Å². The summed E-state index contributed by atoms with van der Waals surface area (Å²) in [6, 6.07) is 5.01. The van der Waals surface area contributed by atoms with Crippen molar-refractivity contribution in [2.45, 2.75) is 43.8 Å². The van der Waals surface area contributed by atoms with Gasteiger partial charge in [-0.2, -0.15) is 5.10 Å². The summed E-state index contributed by atoms with van der Waals surface area (Å²) in [5, 5.41) is 18.1. The lowest BCUT2D eigenvalue weighted by Crippen LogP contribution is -2.30. The van der Waals surface area contributed by atoms with Crippen LogP contribution in [0.3, 0.4) is 0 Å². The zero-order valence-electron chi connectivity index (χ0n) is 18.0. The Morgan fingerprint density at radius 2 is 2.19 bits per heavy atom. The number of amides is 2. The van der Waals surface area contributed by atoms with Crippen molar-refractivity contribution in [1.29, 1.82) is 0 Å². The number of nitrogens with zero attached hydrogens (tertiary/aromatic N) is 4. The van der Waals surface area contributed by atoms with E-state index in [0.717, 1.165) is 34.3 Å². The number of anilines is 1. The highest BCUT2D eigenvalue weighted by Gasteiger charge is 2.39. The van der Waals surface area contributed by atoms with E-state index in [4.69, 9.17) is 25.3 Å². The first kappa shape index (κ1) is 20.8. The average Bonchev–Trinajstić information content (AvgIpc) is 3.36. The summed E-state index contributed by atoms with van der Waals surface area (Å²) < 4.78 is 13.2. The van der Waals surface area contributed by atoms with Gasteiger partial charge in [0.2, 0.25) is 0 Å². The molecule has 168 valence electrons. The Morgan fingerprint density at radius 1 is 1.38 bits per heavy atom. The number of methoxy groups -OCH3 is 1. The van der Waals surface area contributed by atoms with E-state index < -0.39 is 11.6 Å². The van der Waals surface area contributed by atoms with E-state index >= 15 is 0 Å². The summed E-state index contributed by atoms with van der Waals surface area (Å²) in [6.07, 6.45) is 3.41. The van der Waals surface area contributed by atoms with Crippen LogP contribution >= 0.6 is 0 Å². The number of primary amides is 1. The van der Waals surface area contributed by atoms with Crippen LogP contribution in [-0.4, -0.2) is 57.3 Å². The van der Waals surface area contributed by atoms with Crippen molar-refractivity contribution in [3.8, 4) is 5.82 Å². The van der Waals surface area contributed by atoms with Crippen molar-refractivity contribution in [2.75, 3.05) is 25.6 Å². The maximum absolute atomic E-state index is 11.4. The molecular formula is C22H26N6O4. The first-order valence-electron chi connectivity index (χ1n) is 10.6. The molecule has 2 aliphatic rings. The predicted molar refractivity (Wildman–Crippen MR) is 117 cm³/mol. The van der Waals surface area contributed by atoms with E-state index in [1.807, 2.05) is 19.1 Å². The monoisotopic (exact) mass is 438 g/mol. The highest BCUT2D eigenvalue weighted by molar-refractivity contribution is 5.91. The van der Waals surface area contributed by atoms with E-state index in [9.17, 15) is 9.90 Å². The lowest BCUT2D eigenvalue weighted by atomic mass is 9.79. The highest BCUT2D eigenvalue weighted by Crippen LogP contribution is 2.40. The smallest absolute Gasteiger partial charge is 0.317 e. The largest absolute Gasteiger partial charge is 0.393 e.